The van der Waals surface area contributed by atoms with Gasteiger partial charge in [0.05, 0.1) is 0 Å². The summed E-state index contributed by atoms with van der Waals surface area (Å²) in [5.74, 6) is 1.11. The Morgan fingerprint density at radius 1 is 1.44 bits per heavy atom. The SMILES string of the molecule is [CH3][Sn][CH2]C1CCNCC1. The van der Waals surface area contributed by atoms with E-state index >= 15 is 0 Å². The molecule has 0 aliphatic carbocycles. The first-order valence-electron chi connectivity index (χ1n) is 3.79. The Kier molecular flexibility index (Phi) is 3.98. The summed E-state index contributed by atoms with van der Waals surface area (Å²) in [5.41, 5.74) is 0. The molecule has 1 N–H and O–H groups in total. The Morgan fingerprint density at radius 3 is 2.67 bits per heavy atom. The number of hydrogen-bond acceptors (Lipinski definition) is 1. The third-order valence-electron chi connectivity index (χ3n) is 1.95. The minimum absolute atomic E-state index is 0.112. The van der Waals surface area contributed by atoms with Crippen LogP contribution in [0.4, 0.5) is 0 Å². The molecule has 1 aliphatic rings. The van der Waals surface area contributed by atoms with E-state index in [2.05, 4.69) is 10.3 Å². The van der Waals surface area contributed by atoms with Crippen molar-refractivity contribution in [1.82, 2.24) is 5.32 Å². The van der Waals surface area contributed by atoms with Gasteiger partial charge in [0, 0.05) is 0 Å². The van der Waals surface area contributed by atoms with Gasteiger partial charge in [-0.25, -0.2) is 0 Å². The third kappa shape index (κ3) is 2.89. The zero-order valence-corrected chi connectivity index (χ0v) is 8.97. The zero-order valence-electron chi connectivity index (χ0n) is 6.11. The quantitative estimate of drug-likeness (QED) is 0.704. The van der Waals surface area contributed by atoms with E-state index in [9.17, 15) is 0 Å². The molecule has 1 heterocycles. The summed E-state index contributed by atoms with van der Waals surface area (Å²) in [7, 11) is 0. The van der Waals surface area contributed by atoms with Gasteiger partial charge in [0.2, 0.25) is 0 Å². The van der Waals surface area contributed by atoms with E-state index in [0.29, 0.717) is 0 Å². The zero-order chi connectivity index (χ0) is 6.53. The summed E-state index contributed by atoms with van der Waals surface area (Å²) >= 11 is 0.112. The van der Waals surface area contributed by atoms with E-state index in [1.54, 1.807) is 4.44 Å². The van der Waals surface area contributed by atoms with Crippen LogP contribution in [0.2, 0.25) is 9.38 Å². The van der Waals surface area contributed by atoms with Crippen molar-refractivity contribution in [1.29, 1.82) is 0 Å². The molecule has 0 atom stereocenters. The molecule has 0 aromatic carbocycles. The first kappa shape index (κ1) is 7.86. The number of hydrogen-bond donors (Lipinski definition) is 1. The monoisotopic (exact) mass is 233 g/mol. The van der Waals surface area contributed by atoms with Gasteiger partial charge < -0.3 is 0 Å². The van der Waals surface area contributed by atoms with E-state index in [1.807, 2.05) is 0 Å². The molecule has 1 saturated heterocycles. The summed E-state index contributed by atoms with van der Waals surface area (Å²) in [6.45, 7) is 2.56. The normalized spacial score (nSPS) is 22.3. The fourth-order valence-corrected chi connectivity index (χ4v) is 4.19. The average Bonchev–Trinajstić information content (AvgIpc) is 1.91. The number of rotatable bonds is 2. The van der Waals surface area contributed by atoms with E-state index in [4.69, 9.17) is 0 Å². The molecule has 9 heavy (non-hydrogen) atoms. The fourth-order valence-electron chi connectivity index (χ4n) is 1.37. The second kappa shape index (κ2) is 4.56. The van der Waals surface area contributed by atoms with E-state index < -0.39 is 0 Å². The fraction of sp³-hybridized carbons (Fsp3) is 1.00. The summed E-state index contributed by atoms with van der Waals surface area (Å²) in [4.78, 5) is 2.45. The maximum absolute atomic E-state index is 3.39. The molecule has 1 rings (SSSR count). The van der Waals surface area contributed by atoms with E-state index in [0.717, 1.165) is 5.92 Å². The van der Waals surface area contributed by atoms with Gasteiger partial charge in [-0.1, -0.05) is 0 Å². The molecule has 1 fully saturated rings. The van der Waals surface area contributed by atoms with Crippen LogP contribution in [-0.2, 0) is 0 Å². The van der Waals surface area contributed by atoms with Crippen molar-refractivity contribution in [2.45, 2.75) is 22.2 Å². The average molecular weight is 232 g/mol. The molecule has 0 aromatic rings. The maximum atomic E-state index is 3.39. The van der Waals surface area contributed by atoms with Gasteiger partial charge in [-0.2, -0.15) is 0 Å². The molecular weight excluding hydrogens is 217 g/mol. The van der Waals surface area contributed by atoms with Crippen molar-refractivity contribution in [3.8, 4) is 0 Å². The first-order chi connectivity index (χ1) is 4.43. The van der Waals surface area contributed by atoms with Crippen LogP contribution in [-0.4, -0.2) is 34.2 Å². The predicted octanol–water partition coefficient (Wildman–Crippen LogP) is 1.16. The van der Waals surface area contributed by atoms with E-state index in [-0.39, 0.29) is 21.1 Å². The molecule has 0 bridgehead atoms. The summed E-state index contributed by atoms with van der Waals surface area (Å²) < 4.78 is 1.62. The molecule has 1 aliphatic heterocycles. The van der Waals surface area contributed by atoms with Crippen molar-refractivity contribution in [2.75, 3.05) is 13.1 Å². The van der Waals surface area contributed by atoms with Crippen molar-refractivity contribution < 1.29 is 0 Å². The number of nitrogens with one attached hydrogen (secondary N) is 1. The van der Waals surface area contributed by atoms with Crippen LogP contribution < -0.4 is 5.32 Å². The Morgan fingerprint density at radius 2 is 2.11 bits per heavy atom. The molecular formula is C7H15NSn. The molecule has 2 radical (unpaired) electrons. The van der Waals surface area contributed by atoms with Crippen LogP contribution in [0.1, 0.15) is 12.8 Å². The van der Waals surface area contributed by atoms with Gasteiger partial charge in [-0.15, -0.1) is 0 Å². The van der Waals surface area contributed by atoms with Gasteiger partial charge >= 0.3 is 67.7 Å². The summed E-state index contributed by atoms with van der Waals surface area (Å²) in [6.07, 6.45) is 2.91. The molecule has 0 unspecified atom stereocenters. The van der Waals surface area contributed by atoms with Crippen LogP contribution >= 0.6 is 0 Å². The van der Waals surface area contributed by atoms with Crippen molar-refractivity contribution in [3.63, 3.8) is 0 Å². The Hall–Kier alpha value is 0.759. The first-order valence-corrected chi connectivity index (χ1v) is 8.66. The van der Waals surface area contributed by atoms with Crippen LogP contribution in [0, 0.1) is 5.92 Å². The van der Waals surface area contributed by atoms with Crippen LogP contribution in [0.3, 0.4) is 0 Å². The van der Waals surface area contributed by atoms with Crippen LogP contribution in [0.25, 0.3) is 0 Å². The topological polar surface area (TPSA) is 12.0 Å². The van der Waals surface area contributed by atoms with Gasteiger partial charge in [0.15, 0.2) is 0 Å². The van der Waals surface area contributed by atoms with Crippen molar-refractivity contribution in [3.05, 3.63) is 0 Å². The summed E-state index contributed by atoms with van der Waals surface area (Å²) in [6, 6.07) is 0. The summed E-state index contributed by atoms with van der Waals surface area (Å²) in [5, 5.41) is 3.39. The molecule has 0 aromatic heterocycles. The van der Waals surface area contributed by atoms with Gasteiger partial charge in [-0.3, -0.25) is 0 Å². The number of piperidine rings is 1. The molecule has 1 nitrogen and oxygen atoms in total. The third-order valence-corrected chi connectivity index (χ3v) is 4.76. The molecule has 0 spiro atoms. The Balaban J connectivity index is 2.08. The van der Waals surface area contributed by atoms with Crippen molar-refractivity contribution >= 4 is 21.1 Å². The molecule has 0 saturated carbocycles. The Bertz CT molecular complexity index is 66.6. The van der Waals surface area contributed by atoms with Crippen molar-refractivity contribution in [2.24, 2.45) is 5.92 Å². The van der Waals surface area contributed by atoms with Gasteiger partial charge in [0.1, 0.15) is 0 Å². The van der Waals surface area contributed by atoms with E-state index in [1.165, 1.54) is 25.9 Å². The Labute approximate surface area is 67.8 Å². The van der Waals surface area contributed by atoms with Crippen LogP contribution in [0.5, 0.6) is 0 Å². The second-order valence-corrected chi connectivity index (χ2v) is 5.93. The van der Waals surface area contributed by atoms with Crippen LogP contribution in [0.15, 0.2) is 0 Å². The van der Waals surface area contributed by atoms with Gasteiger partial charge in [-0.05, 0) is 0 Å². The molecule has 0 amide bonds. The van der Waals surface area contributed by atoms with Gasteiger partial charge in [0.25, 0.3) is 0 Å². The minimum atomic E-state index is 0.112. The predicted molar refractivity (Wildman–Crippen MR) is 42.0 cm³/mol. The molecule has 2 heteroatoms. The molecule has 52 valence electrons. The standard InChI is InChI=1S/C6H12N.CH3.Sn/c1-6-2-4-7-5-3-6;;/h6-7H,1-5H2;1H3;. The second-order valence-electron chi connectivity index (χ2n) is 2.75.